The number of anilines is 2. The number of hydrogen-bond donors (Lipinski definition) is 1. The Bertz CT molecular complexity index is 740. The Morgan fingerprint density at radius 1 is 1.11 bits per heavy atom. The number of pyridine rings is 1. The second-order valence-corrected chi connectivity index (χ2v) is 4.79. The maximum atomic E-state index is 8.80. The van der Waals surface area contributed by atoms with Crippen LogP contribution in [-0.2, 0) is 0 Å². The van der Waals surface area contributed by atoms with Crippen molar-refractivity contribution in [1.29, 1.82) is 5.26 Å². The van der Waals surface area contributed by atoms with Gasteiger partial charge in [0.2, 0.25) is 0 Å². The van der Waals surface area contributed by atoms with Crippen LogP contribution in [0.15, 0.2) is 48.0 Å². The van der Waals surface area contributed by atoms with Crippen LogP contribution in [0, 0.1) is 11.3 Å². The van der Waals surface area contributed by atoms with Crippen molar-refractivity contribution >= 4 is 32.8 Å². The summed E-state index contributed by atoms with van der Waals surface area (Å²) in [6.45, 7) is 0. The Labute approximate surface area is 108 Å². The fraction of sp³-hybridized carbons (Fsp3) is 0. The molecule has 3 rings (SSSR count). The lowest BCUT2D eigenvalue weighted by molar-refractivity contribution is 1.26. The van der Waals surface area contributed by atoms with Crippen molar-refractivity contribution in [3.63, 3.8) is 0 Å². The van der Waals surface area contributed by atoms with Gasteiger partial charge in [0.25, 0.3) is 0 Å². The van der Waals surface area contributed by atoms with Gasteiger partial charge in [-0.1, -0.05) is 0 Å². The van der Waals surface area contributed by atoms with Crippen LogP contribution in [0.5, 0.6) is 0 Å². The van der Waals surface area contributed by atoms with E-state index < -0.39 is 0 Å². The van der Waals surface area contributed by atoms with Gasteiger partial charge in [0.05, 0.1) is 0 Å². The molecule has 4 heteroatoms. The molecular weight excluding hydrogens is 242 g/mol. The van der Waals surface area contributed by atoms with Crippen molar-refractivity contribution < 1.29 is 0 Å². The lowest BCUT2D eigenvalue weighted by Gasteiger charge is -2.06. The van der Waals surface area contributed by atoms with Gasteiger partial charge in [-0.15, -0.1) is 11.3 Å². The number of nitrogens with zero attached hydrogens (tertiary/aromatic N) is 2. The van der Waals surface area contributed by atoms with E-state index in [1.807, 2.05) is 18.2 Å². The summed E-state index contributed by atoms with van der Waals surface area (Å²) in [5.74, 6) is 0. The molecule has 3 nitrogen and oxygen atoms in total. The van der Waals surface area contributed by atoms with Gasteiger partial charge in [-0.2, -0.15) is 5.26 Å². The number of nitrogens with one attached hydrogen (secondary N) is 1. The summed E-state index contributed by atoms with van der Waals surface area (Å²) >= 11 is 1.73. The van der Waals surface area contributed by atoms with Gasteiger partial charge in [-0.3, -0.25) is 0 Å². The Morgan fingerprint density at radius 2 is 2.00 bits per heavy atom. The predicted molar refractivity (Wildman–Crippen MR) is 74.1 cm³/mol. The number of nitriles is 1. The highest BCUT2D eigenvalue weighted by Gasteiger charge is 1.99. The van der Waals surface area contributed by atoms with Crippen LogP contribution in [-0.4, -0.2) is 4.98 Å². The molecular formula is C14H9N3S. The molecule has 2 heterocycles. The Kier molecular flexibility index (Phi) is 2.67. The van der Waals surface area contributed by atoms with E-state index in [0.29, 0.717) is 5.69 Å². The molecule has 0 bridgehead atoms. The Hall–Kier alpha value is -2.38. The first kappa shape index (κ1) is 10.8. The standard InChI is InChI=1S/C14H9N3S/c15-9-13-8-12(3-5-16-13)17-11-1-2-14-10(7-11)4-6-18-14/h1-8H,(H,16,17). The van der Waals surface area contributed by atoms with E-state index in [2.05, 4.69) is 33.9 Å². The van der Waals surface area contributed by atoms with E-state index in [9.17, 15) is 0 Å². The monoisotopic (exact) mass is 251 g/mol. The van der Waals surface area contributed by atoms with E-state index in [0.717, 1.165) is 11.4 Å². The predicted octanol–water partition coefficient (Wildman–Crippen LogP) is 3.91. The molecule has 18 heavy (non-hydrogen) atoms. The molecule has 0 amide bonds. The highest BCUT2D eigenvalue weighted by molar-refractivity contribution is 7.17. The van der Waals surface area contributed by atoms with Crippen molar-refractivity contribution in [1.82, 2.24) is 4.98 Å². The zero-order valence-corrected chi connectivity index (χ0v) is 10.2. The summed E-state index contributed by atoms with van der Waals surface area (Å²) in [5.41, 5.74) is 2.30. The van der Waals surface area contributed by atoms with Gasteiger partial charge >= 0.3 is 0 Å². The summed E-state index contributed by atoms with van der Waals surface area (Å²) < 4.78 is 1.27. The van der Waals surface area contributed by atoms with Crippen LogP contribution in [0.3, 0.4) is 0 Å². The first-order chi connectivity index (χ1) is 8.85. The molecule has 0 aliphatic rings. The van der Waals surface area contributed by atoms with E-state index in [1.54, 1.807) is 23.6 Å². The summed E-state index contributed by atoms with van der Waals surface area (Å²) in [4.78, 5) is 3.94. The van der Waals surface area contributed by atoms with Gasteiger partial charge in [-0.05, 0) is 47.2 Å². The van der Waals surface area contributed by atoms with Crippen LogP contribution >= 0.6 is 11.3 Å². The van der Waals surface area contributed by atoms with Crippen LogP contribution in [0.25, 0.3) is 10.1 Å². The van der Waals surface area contributed by atoms with Gasteiger partial charge in [-0.25, -0.2) is 4.98 Å². The minimum absolute atomic E-state index is 0.414. The van der Waals surface area contributed by atoms with E-state index >= 15 is 0 Å². The topological polar surface area (TPSA) is 48.7 Å². The maximum absolute atomic E-state index is 8.80. The zero-order valence-electron chi connectivity index (χ0n) is 9.42. The molecule has 3 aromatic rings. The molecule has 0 radical (unpaired) electrons. The van der Waals surface area contributed by atoms with Crippen LogP contribution in [0.4, 0.5) is 11.4 Å². The first-order valence-electron chi connectivity index (χ1n) is 5.45. The molecule has 0 atom stereocenters. The number of benzene rings is 1. The SMILES string of the molecule is N#Cc1cc(Nc2ccc3sccc3c2)ccn1. The number of fused-ring (bicyclic) bond motifs is 1. The molecule has 86 valence electrons. The highest BCUT2D eigenvalue weighted by Crippen LogP contribution is 2.25. The van der Waals surface area contributed by atoms with Gasteiger partial charge in [0, 0.05) is 22.3 Å². The number of thiophene rings is 1. The van der Waals surface area contributed by atoms with Crippen molar-refractivity contribution in [2.45, 2.75) is 0 Å². The molecule has 0 aliphatic heterocycles. The number of hydrogen-bond acceptors (Lipinski definition) is 4. The fourth-order valence-electron chi connectivity index (χ4n) is 1.78. The average Bonchev–Trinajstić information content (AvgIpc) is 2.86. The quantitative estimate of drug-likeness (QED) is 0.751. The molecule has 0 saturated heterocycles. The molecule has 0 aliphatic carbocycles. The highest BCUT2D eigenvalue weighted by atomic mass is 32.1. The van der Waals surface area contributed by atoms with Gasteiger partial charge < -0.3 is 5.32 Å². The van der Waals surface area contributed by atoms with Crippen molar-refractivity contribution in [2.24, 2.45) is 0 Å². The summed E-state index contributed by atoms with van der Waals surface area (Å²) in [6, 6.07) is 13.9. The lowest BCUT2D eigenvalue weighted by Crippen LogP contribution is -1.91. The number of rotatable bonds is 2. The average molecular weight is 251 g/mol. The summed E-state index contributed by atoms with van der Waals surface area (Å²) in [5, 5.41) is 15.4. The molecule has 1 N–H and O–H groups in total. The lowest BCUT2D eigenvalue weighted by atomic mass is 10.2. The molecule has 2 aromatic heterocycles. The second kappa shape index (κ2) is 4.47. The molecule has 1 aromatic carbocycles. The third-order valence-corrected chi connectivity index (χ3v) is 3.51. The van der Waals surface area contributed by atoms with Crippen LogP contribution in [0.2, 0.25) is 0 Å². The third kappa shape index (κ3) is 2.04. The van der Waals surface area contributed by atoms with Crippen molar-refractivity contribution in [3.8, 4) is 6.07 Å². The maximum Gasteiger partial charge on any atom is 0.142 e. The summed E-state index contributed by atoms with van der Waals surface area (Å²) in [7, 11) is 0. The smallest absolute Gasteiger partial charge is 0.142 e. The van der Waals surface area contributed by atoms with Gasteiger partial charge in [0.15, 0.2) is 0 Å². The van der Waals surface area contributed by atoms with Crippen molar-refractivity contribution in [2.75, 3.05) is 5.32 Å². The Balaban J connectivity index is 1.93. The van der Waals surface area contributed by atoms with Crippen LogP contribution < -0.4 is 5.32 Å². The van der Waals surface area contributed by atoms with Crippen molar-refractivity contribution in [3.05, 3.63) is 53.7 Å². The molecule has 0 unspecified atom stereocenters. The largest absolute Gasteiger partial charge is 0.355 e. The zero-order chi connectivity index (χ0) is 12.4. The first-order valence-corrected chi connectivity index (χ1v) is 6.33. The Morgan fingerprint density at radius 3 is 2.89 bits per heavy atom. The minimum atomic E-state index is 0.414. The normalized spacial score (nSPS) is 10.2. The number of aromatic nitrogens is 1. The van der Waals surface area contributed by atoms with E-state index in [1.165, 1.54) is 10.1 Å². The fourth-order valence-corrected chi connectivity index (χ4v) is 2.55. The molecule has 0 fully saturated rings. The second-order valence-electron chi connectivity index (χ2n) is 3.84. The molecule has 0 saturated carbocycles. The minimum Gasteiger partial charge on any atom is -0.355 e. The molecule has 0 spiro atoms. The van der Waals surface area contributed by atoms with E-state index in [4.69, 9.17) is 5.26 Å². The summed E-state index contributed by atoms with van der Waals surface area (Å²) in [6.07, 6.45) is 1.63. The van der Waals surface area contributed by atoms with Gasteiger partial charge in [0.1, 0.15) is 11.8 Å². The van der Waals surface area contributed by atoms with E-state index in [-0.39, 0.29) is 0 Å². The third-order valence-electron chi connectivity index (χ3n) is 2.62. The van der Waals surface area contributed by atoms with Crippen LogP contribution in [0.1, 0.15) is 5.69 Å².